The maximum absolute atomic E-state index is 12.7. The van der Waals surface area contributed by atoms with Crippen LogP contribution in [0.4, 0.5) is 0 Å². The quantitative estimate of drug-likeness (QED) is 0.311. The van der Waals surface area contributed by atoms with Crippen LogP contribution in [0.5, 0.6) is 0 Å². The first-order valence-corrected chi connectivity index (χ1v) is 9.54. The van der Waals surface area contributed by atoms with Gasteiger partial charge in [-0.2, -0.15) is 0 Å². The zero-order valence-corrected chi connectivity index (χ0v) is 16.4. The van der Waals surface area contributed by atoms with Crippen LogP contribution in [0.1, 0.15) is 64.5 Å². The molecule has 27 heavy (non-hydrogen) atoms. The highest BCUT2D eigenvalue weighted by Gasteiger charge is 2.36. The van der Waals surface area contributed by atoms with E-state index < -0.39 is 29.9 Å². The molecule has 0 aliphatic rings. The topological polar surface area (TPSA) is 78.9 Å². The molecule has 6 nitrogen and oxygen atoms in total. The number of carbonyl (C=O) groups excluding carboxylic acids is 3. The second-order valence-corrected chi connectivity index (χ2v) is 6.35. The molecule has 1 aromatic carbocycles. The van der Waals surface area contributed by atoms with Gasteiger partial charge in [0.1, 0.15) is 12.0 Å². The van der Waals surface area contributed by atoms with Gasteiger partial charge in [-0.15, -0.1) is 0 Å². The molecular formula is C21H30O6. The molecule has 2 atom stereocenters. The van der Waals surface area contributed by atoms with E-state index in [0.717, 1.165) is 25.7 Å². The molecule has 6 heteroatoms. The van der Waals surface area contributed by atoms with E-state index in [1.807, 2.05) is 19.9 Å². The molecule has 0 fully saturated rings. The highest BCUT2D eigenvalue weighted by Crippen LogP contribution is 2.30. The first-order valence-electron chi connectivity index (χ1n) is 9.54. The third-order valence-corrected chi connectivity index (χ3v) is 3.98. The molecule has 0 aliphatic heterocycles. The minimum atomic E-state index is -0.956. The summed E-state index contributed by atoms with van der Waals surface area (Å²) in [6.07, 6.45) is 2.14. The lowest BCUT2D eigenvalue weighted by Crippen LogP contribution is -2.30. The van der Waals surface area contributed by atoms with Gasteiger partial charge in [-0.3, -0.25) is 14.4 Å². The van der Waals surface area contributed by atoms with E-state index in [2.05, 4.69) is 0 Å². The standard InChI is InChI=1S/C21H30O6/c1-4-6-13-25-19(23)15-18(21(24)26-14-7-5-2)20(27-16(3)22)17-11-9-8-10-12-17/h8-12,18,20H,4-7,13-15H2,1-3H3. The van der Waals surface area contributed by atoms with Crippen LogP contribution < -0.4 is 0 Å². The highest BCUT2D eigenvalue weighted by molar-refractivity contribution is 5.81. The van der Waals surface area contributed by atoms with Gasteiger partial charge in [-0.25, -0.2) is 0 Å². The van der Waals surface area contributed by atoms with Crippen LogP contribution in [-0.4, -0.2) is 31.1 Å². The number of carbonyl (C=O) groups is 3. The number of unbranched alkanes of at least 4 members (excludes halogenated alkanes) is 2. The number of benzene rings is 1. The van der Waals surface area contributed by atoms with Gasteiger partial charge in [-0.1, -0.05) is 57.0 Å². The van der Waals surface area contributed by atoms with Crippen molar-refractivity contribution >= 4 is 17.9 Å². The van der Waals surface area contributed by atoms with Gasteiger partial charge in [0.2, 0.25) is 0 Å². The van der Waals surface area contributed by atoms with E-state index in [-0.39, 0.29) is 13.0 Å². The smallest absolute Gasteiger partial charge is 0.313 e. The Balaban J connectivity index is 3.00. The molecule has 1 aromatic rings. The normalized spacial score (nSPS) is 12.7. The Labute approximate surface area is 161 Å². The molecule has 150 valence electrons. The van der Waals surface area contributed by atoms with Crippen LogP contribution in [0.15, 0.2) is 30.3 Å². The number of hydrogen-bond donors (Lipinski definition) is 0. The SMILES string of the molecule is CCCCOC(=O)CC(C(=O)OCCCC)C(OC(C)=O)c1ccccc1. The van der Waals surface area contributed by atoms with Crippen molar-refractivity contribution in [3.63, 3.8) is 0 Å². The molecule has 0 radical (unpaired) electrons. The van der Waals surface area contributed by atoms with Crippen LogP contribution in [0.2, 0.25) is 0 Å². The lowest BCUT2D eigenvalue weighted by Gasteiger charge is -2.25. The van der Waals surface area contributed by atoms with E-state index in [1.54, 1.807) is 24.3 Å². The van der Waals surface area contributed by atoms with Crippen LogP contribution >= 0.6 is 0 Å². The zero-order valence-electron chi connectivity index (χ0n) is 16.4. The third-order valence-electron chi connectivity index (χ3n) is 3.98. The van der Waals surface area contributed by atoms with Gasteiger partial charge in [0.05, 0.1) is 19.6 Å². The lowest BCUT2D eigenvalue weighted by molar-refractivity contribution is -0.166. The second-order valence-electron chi connectivity index (χ2n) is 6.35. The number of rotatable bonds is 12. The van der Waals surface area contributed by atoms with Crippen LogP contribution in [0, 0.1) is 5.92 Å². The number of ether oxygens (including phenoxy) is 3. The van der Waals surface area contributed by atoms with E-state index in [1.165, 1.54) is 6.92 Å². The Kier molecular flexibility index (Phi) is 10.8. The summed E-state index contributed by atoms with van der Waals surface area (Å²) >= 11 is 0. The summed E-state index contributed by atoms with van der Waals surface area (Å²) in [5, 5.41) is 0. The van der Waals surface area contributed by atoms with Gasteiger partial charge in [0, 0.05) is 6.92 Å². The monoisotopic (exact) mass is 378 g/mol. The molecule has 0 heterocycles. The summed E-state index contributed by atoms with van der Waals surface area (Å²) in [5.74, 6) is -2.56. The molecule has 0 amide bonds. The minimum absolute atomic E-state index is 0.207. The predicted molar refractivity (Wildman–Crippen MR) is 101 cm³/mol. The van der Waals surface area contributed by atoms with Crippen molar-refractivity contribution in [2.75, 3.05) is 13.2 Å². The zero-order chi connectivity index (χ0) is 20.1. The van der Waals surface area contributed by atoms with Crippen molar-refractivity contribution in [3.05, 3.63) is 35.9 Å². The molecule has 0 saturated carbocycles. The Morgan fingerprint density at radius 2 is 1.52 bits per heavy atom. The van der Waals surface area contributed by atoms with Crippen LogP contribution in [0.3, 0.4) is 0 Å². The van der Waals surface area contributed by atoms with Crippen molar-refractivity contribution in [2.45, 2.75) is 59.0 Å². The summed E-state index contributed by atoms with van der Waals surface area (Å²) in [4.78, 5) is 36.5. The summed E-state index contributed by atoms with van der Waals surface area (Å²) in [6.45, 7) is 5.82. The summed E-state index contributed by atoms with van der Waals surface area (Å²) in [7, 11) is 0. The van der Waals surface area contributed by atoms with Gasteiger partial charge >= 0.3 is 17.9 Å². The summed E-state index contributed by atoms with van der Waals surface area (Å²) in [5.41, 5.74) is 0.631. The van der Waals surface area contributed by atoms with Crippen LogP contribution in [0.25, 0.3) is 0 Å². The summed E-state index contributed by atoms with van der Waals surface area (Å²) < 4.78 is 15.9. The Hall–Kier alpha value is -2.37. The molecule has 0 saturated heterocycles. The first-order chi connectivity index (χ1) is 13.0. The predicted octanol–water partition coefficient (Wildman–Crippen LogP) is 3.98. The first kappa shape index (κ1) is 22.7. The molecule has 0 aromatic heterocycles. The van der Waals surface area contributed by atoms with Crippen molar-refractivity contribution in [1.82, 2.24) is 0 Å². The van der Waals surface area contributed by atoms with Crippen molar-refractivity contribution in [3.8, 4) is 0 Å². The second kappa shape index (κ2) is 12.9. The Bertz CT molecular complexity index is 584. The fourth-order valence-electron chi connectivity index (χ4n) is 2.51. The van der Waals surface area contributed by atoms with Gasteiger partial charge in [-0.05, 0) is 18.4 Å². The molecule has 0 spiro atoms. The molecule has 0 aliphatic carbocycles. The van der Waals surface area contributed by atoms with Gasteiger partial charge in [0.25, 0.3) is 0 Å². The largest absolute Gasteiger partial charge is 0.466 e. The fourth-order valence-corrected chi connectivity index (χ4v) is 2.51. The lowest BCUT2D eigenvalue weighted by atomic mass is 9.92. The number of hydrogen-bond acceptors (Lipinski definition) is 6. The average molecular weight is 378 g/mol. The minimum Gasteiger partial charge on any atom is -0.466 e. The fraction of sp³-hybridized carbons (Fsp3) is 0.571. The van der Waals surface area contributed by atoms with Crippen molar-refractivity contribution in [1.29, 1.82) is 0 Å². The maximum atomic E-state index is 12.7. The average Bonchev–Trinajstić information content (AvgIpc) is 2.65. The Morgan fingerprint density at radius 1 is 0.926 bits per heavy atom. The third kappa shape index (κ3) is 8.71. The van der Waals surface area contributed by atoms with Crippen LogP contribution in [-0.2, 0) is 28.6 Å². The molecule has 0 N–H and O–H groups in total. The van der Waals surface area contributed by atoms with Gasteiger partial charge < -0.3 is 14.2 Å². The van der Waals surface area contributed by atoms with Crippen molar-refractivity contribution in [2.24, 2.45) is 5.92 Å². The van der Waals surface area contributed by atoms with E-state index >= 15 is 0 Å². The molecular weight excluding hydrogens is 348 g/mol. The highest BCUT2D eigenvalue weighted by atomic mass is 16.6. The molecule has 2 unspecified atom stereocenters. The molecule has 0 bridgehead atoms. The van der Waals surface area contributed by atoms with E-state index in [0.29, 0.717) is 12.2 Å². The summed E-state index contributed by atoms with van der Waals surface area (Å²) in [6, 6.07) is 8.89. The van der Waals surface area contributed by atoms with Crippen molar-refractivity contribution < 1.29 is 28.6 Å². The number of esters is 3. The molecule has 1 rings (SSSR count). The van der Waals surface area contributed by atoms with Gasteiger partial charge in [0.15, 0.2) is 0 Å². The maximum Gasteiger partial charge on any atom is 0.313 e. The Morgan fingerprint density at radius 3 is 2.07 bits per heavy atom. The van der Waals surface area contributed by atoms with E-state index in [9.17, 15) is 14.4 Å². The van der Waals surface area contributed by atoms with E-state index in [4.69, 9.17) is 14.2 Å².